The number of aromatic nitrogens is 4. The van der Waals surface area contributed by atoms with Gasteiger partial charge in [0, 0.05) is 23.4 Å². The van der Waals surface area contributed by atoms with Gasteiger partial charge >= 0.3 is 0 Å². The number of nitrogens with zero attached hydrogens (tertiary/aromatic N) is 4. The standard InChI is InChI=1S/C15H14BrN5O/c1-8-6-11(13-9(2)20-21(3)14(13)18-8)15(22)19-12-5-4-10(16)7-17-12/h4-7H,1-3H3,(H,17,19,22). The van der Waals surface area contributed by atoms with Gasteiger partial charge in [0.15, 0.2) is 5.65 Å². The summed E-state index contributed by atoms with van der Waals surface area (Å²) in [7, 11) is 1.82. The van der Waals surface area contributed by atoms with Crippen LogP contribution in [0.1, 0.15) is 21.7 Å². The van der Waals surface area contributed by atoms with Gasteiger partial charge in [0.25, 0.3) is 5.91 Å². The fourth-order valence-corrected chi connectivity index (χ4v) is 2.62. The molecule has 3 aromatic rings. The molecule has 0 atom stereocenters. The molecular weight excluding hydrogens is 346 g/mol. The molecule has 7 heteroatoms. The topological polar surface area (TPSA) is 72.7 Å². The molecule has 3 rings (SSSR count). The third kappa shape index (κ3) is 2.59. The van der Waals surface area contributed by atoms with E-state index in [2.05, 4.69) is 36.3 Å². The second-order valence-electron chi connectivity index (χ2n) is 5.03. The molecule has 0 aliphatic carbocycles. The van der Waals surface area contributed by atoms with E-state index >= 15 is 0 Å². The zero-order valence-electron chi connectivity index (χ0n) is 12.4. The van der Waals surface area contributed by atoms with Crippen molar-refractivity contribution >= 4 is 38.7 Å². The van der Waals surface area contributed by atoms with E-state index in [0.717, 1.165) is 21.2 Å². The number of pyridine rings is 2. The van der Waals surface area contributed by atoms with Crippen molar-refractivity contribution in [1.29, 1.82) is 0 Å². The van der Waals surface area contributed by atoms with Gasteiger partial charge in [-0.1, -0.05) is 0 Å². The summed E-state index contributed by atoms with van der Waals surface area (Å²) in [6, 6.07) is 5.33. The molecule has 1 amide bonds. The van der Waals surface area contributed by atoms with Crippen molar-refractivity contribution in [2.75, 3.05) is 5.32 Å². The van der Waals surface area contributed by atoms with E-state index in [0.29, 0.717) is 17.0 Å². The second-order valence-corrected chi connectivity index (χ2v) is 5.95. The van der Waals surface area contributed by atoms with Crippen molar-refractivity contribution in [3.8, 4) is 0 Å². The van der Waals surface area contributed by atoms with E-state index in [1.54, 1.807) is 23.0 Å². The lowest BCUT2D eigenvalue weighted by Gasteiger charge is -2.07. The Hall–Kier alpha value is -2.28. The number of aryl methyl sites for hydroxylation is 3. The Morgan fingerprint density at radius 1 is 1.32 bits per heavy atom. The Kier molecular flexibility index (Phi) is 3.66. The Balaban J connectivity index is 2.05. The number of nitrogens with one attached hydrogen (secondary N) is 1. The number of carbonyl (C=O) groups excluding carboxylic acids is 1. The average Bonchev–Trinajstić information content (AvgIpc) is 2.75. The highest BCUT2D eigenvalue weighted by Crippen LogP contribution is 2.22. The molecule has 6 nitrogen and oxygen atoms in total. The second kappa shape index (κ2) is 5.49. The molecule has 0 unspecified atom stereocenters. The van der Waals surface area contributed by atoms with Crippen LogP contribution in [0.3, 0.4) is 0 Å². The number of hydrogen-bond acceptors (Lipinski definition) is 4. The number of amides is 1. The molecule has 0 saturated heterocycles. The summed E-state index contributed by atoms with van der Waals surface area (Å²) in [6.45, 7) is 3.73. The van der Waals surface area contributed by atoms with Crippen LogP contribution >= 0.6 is 15.9 Å². The van der Waals surface area contributed by atoms with Gasteiger partial charge in [0.05, 0.1) is 16.6 Å². The van der Waals surface area contributed by atoms with Crippen molar-refractivity contribution in [1.82, 2.24) is 19.7 Å². The first-order valence-corrected chi connectivity index (χ1v) is 7.49. The minimum absolute atomic E-state index is 0.221. The zero-order valence-corrected chi connectivity index (χ0v) is 14.0. The Morgan fingerprint density at radius 3 is 2.77 bits per heavy atom. The Morgan fingerprint density at radius 2 is 2.09 bits per heavy atom. The summed E-state index contributed by atoms with van der Waals surface area (Å²) in [5.41, 5.74) is 2.80. The van der Waals surface area contributed by atoms with Gasteiger partial charge < -0.3 is 5.32 Å². The quantitative estimate of drug-likeness (QED) is 0.763. The molecule has 0 aliphatic heterocycles. The van der Waals surface area contributed by atoms with E-state index in [1.807, 2.05) is 27.0 Å². The molecule has 0 fully saturated rings. The van der Waals surface area contributed by atoms with Gasteiger partial charge in [-0.05, 0) is 48.0 Å². The number of halogens is 1. The lowest BCUT2D eigenvalue weighted by atomic mass is 10.1. The van der Waals surface area contributed by atoms with Crippen LogP contribution in [0.4, 0.5) is 5.82 Å². The van der Waals surface area contributed by atoms with Gasteiger partial charge in [-0.25, -0.2) is 9.97 Å². The van der Waals surface area contributed by atoms with E-state index in [4.69, 9.17) is 0 Å². The highest BCUT2D eigenvalue weighted by atomic mass is 79.9. The maximum Gasteiger partial charge on any atom is 0.257 e. The number of anilines is 1. The molecule has 0 radical (unpaired) electrons. The highest BCUT2D eigenvalue weighted by Gasteiger charge is 2.18. The first-order chi connectivity index (χ1) is 10.5. The maximum absolute atomic E-state index is 12.6. The van der Waals surface area contributed by atoms with Crippen molar-refractivity contribution < 1.29 is 4.79 Å². The molecule has 0 bridgehead atoms. The molecule has 0 aromatic carbocycles. The average molecular weight is 360 g/mol. The maximum atomic E-state index is 12.6. The molecule has 112 valence electrons. The highest BCUT2D eigenvalue weighted by molar-refractivity contribution is 9.10. The SMILES string of the molecule is Cc1cc(C(=O)Nc2ccc(Br)cn2)c2c(C)nn(C)c2n1. The van der Waals surface area contributed by atoms with Crippen LogP contribution in [-0.2, 0) is 7.05 Å². The van der Waals surface area contributed by atoms with E-state index in [-0.39, 0.29) is 5.91 Å². The molecule has 22 heavy (non-hydrogen) atoms. The van der Waals surface area contributed by atoms with Gasteiger partial charge in [0.1, 0.15) is 5.82 Å². The molecule has 0 saturated carbocycles. The molecule has 3 heterocycles. The van der Waals surface area contributed by atoms with Crippen LogP contribution < -0.4 is 5.32 Å². The van der Waals surface area contributed by atoms with Crippen molar-refractivity contribution in [3.63, 3.8) is 0 Å². The third-order valence-corrected chi connectivity index (χ3v) is 3.78. The molecule has 0 spiro atoms. The smallest absolute Gasteiger partial charge is 0.257 e. The van der Waals surface area contributed by atoms with E-state index in [1.165, 1.54) is 0 Å². The number of carbonyl (C=O) groups is 1. The van der Waals surface area contributed by atoms with Gasteiger partial charge in [-0.3, -0.25) is 9.48 Å². The normalized spacial score (nSPS) is 10.9. The van der Waals surface area contributed by atoms with Crippen LogP contribution in [-0.4, -0.2) is 25.7 Å². The number of hydrogen-bond donors (Lipinski definition) is 1. The van der Waals surface area contributed by atoms with Crippen LogP contribution in [0, 0.1) is 13.8 Å². The van der Waals surface area contributed by atoms with E-state index in [9.17, 15) is 4.79 Å². The minimum atomic E-state index is -0.221. The zero-order chi connectivity index (χ0) is 15.9. The first kappa shape index (κ1) is 14.6. The summed E-state index contributed by atoms with van der Waals surface area (Å²) < 4.78 is 2.54. The Bertz CT molecular complexity index is 870. The lowest BCUT2D eigenvalue weighted by molar-refractivity contribution is 0.102. The largest absolute Gasteiger partial charge is 0.307 e. The van der Waals surface area contributed by atoms with Gasteiger partial charge in [-0.2, -0.15) is 5.10 Å². The molecule has 1 N–H and O–H groups in total. The molecular formula is C15H14BrN5O. The van der Waals surface area contributed by atoms with Crippen molar-refractivity contribution in [2.24, 2.45) is 7.05 Å². The summed E-state index contributed by atoms with van der Waals surface area (Å²) in [6.07, 6.45) is 1.64. The summed E-state index contributed by atoms with van der Waals surface area (Å²) in [5, 5.41) is 7.92. The van der Waals surface area contributed by atoms with Crippen molar-refractivity contribution in [3.05, 3.63) is 45.8 Å². The van der Waals surface area contributed by atoms with Crippen LogP contribution in [0.15, 0.2) is 28.9 Å². The molecule has 3 aromatic heterocycles. The summed E-state index contributed by atoms with van der Waals surface area (Å²) in [5.74, 6) is 0.277. The fraction of sp³-hybridized carbons (Fsp3) is 0.200. The summed E-state index contributed by atoms with van der Waals surface area (Å²) in [4.78, 5) is 21.2. The van der Waals surface area contributed by atoms with Crippen molar-refractivity contribution in [2.45, 2.75) is 13.8 Å². The third-order valence-electron chi connectivity index (χ3n) is 3.31. The van der Waals surface area contributed by atoms with E-state index < -0.39 is 0 Å². The van der Waals surface area contributed by atoms with Crippen LogP contribution in [0.5, 0.6) is 0 Å². The Labute approximate surface area is 135 Å². The predicted molar refractivity (Wildman–Crippen MR) is 87.9 cm³/mol. The first-order valence-electron chi connectivity index (χ1n) is 6.69. The molecule has 0 aliphatic rings. The predicted octanol–water partition coefficient (Wildman–Crippen LogP) is 2.99. The number of rotatable bonds is 2. The monoisotopic (exact) mass is 359 g/mol. The number of fused-ring (bicyclic) bond motifs is 1. The fourth-order valence-electron chi connectivity index (χ4n) is 2.38. The van der Waals surface area contributed by atoms with Gasteiger partial charge in [0.2, 0.25) is 0 Å². The van der Waals surface area contributed by atoms with Crippen LogP contribution in [0.2, 0.25) is 0 Å². The minimum Gasteiger partial charge on any atom is -0.307 e. The van der Waals surface area contributed by atoms with Gasteiger partial charge in [-0.15, -0.1) is 0 Å². The lowest BCUT2D eigenvalue weighted by Crippen LogP contribution is -2.14. The summed E-state index contributed by atoms with van der Waals surface area (Å²) >= 11 is 3.32. The van der Waals surface area contributed by atoms with Crippen LogP contribution in [0.25, 0.3) is 11.0 Å².